The Bertz CT molecular complexity index is 780. The lowest BCUT2D eigenvalue weighted by Crippen LogP contribution is -2.42. The molecule has 0 radical (unpaired) electrons. The molecule has 1 N–H and O–H groups in total. The van der Waals surface area contributed by atoms with E-state index in [0.29, 0.717) is 6.61 Å². The standard InChI is InChI=1S/C25H35NO3/c1-24(2,3)21-22(25(4,5)6)29-23(28-21)18-9-8-10-20(15-18)27-16-17-11-13-19(26-7)14-12-17/h8-15,21-23,26H,16H2,1-7H3/t21-,22+,23?. The second-order valence-corrected chi connectivity index (χ2v) is 9.99. The van der Waals surface area contributed by atoms with Crippen molar-refractivity contribution in [3.8, 4) is 5.75 Å². The van der Waals surface area contributed by atoms with Gasteiger partial charge in [0.1, 0.15) is 12.4 Å². The van der Waals surface area contributed by atoms with Gasteiger partial charge >= 0.3 is 0 Å². The first kappa shape index (κ1) is 21.7. The highest BCUT2D eigenvalue weighted by atomic mass is 16.7. The Morgan fingerprint density at radius 1 is 0.862 bits per heavy atom. The number of hydrogen-bond acceptors (Lipinski definition) is 4. The van der Waals surface area contributed by atoms with Crippen molar-refractivity contribution in [3.05, 3.63) is 59.7 Å². The minimum absolute atomic E-state index is 0.000313. The normalized spacial score (nSPS) is 22.5. The Balaban J connectivity index is 1.71. The minimum atomic E-state index is -0.373. The van der Waals surface area contributed by atoms with Crippen LogP contribution in [0.3, 0.4) is 0 Å². The number of ether oxygens (including phenoxy) is 3. The Hall–Kier alpha value is -2.04. The summed E-state index contributed by atoms with van der Waals surface area (Å²) >= 11 is 0. The smallest absolute Gasteiger partial charge is 0.184 e. The van der Waals surface area contributed by atoms with Gasteiger partial charge in [0.05, 0.1) is 12.2 Å². The van der Waals surface area contributed by atoms with Gasteiger partial charge in [0, 0.05) is 18.3 Å². The average molecular weight is 398 g/mol. The third kappa shape index (κ3) is 5.31. The van der Waals surface area contributed by atoms with Crippen LogP contribution in [0.1, 0.15) is 59.0 Å². The fourth-order valence-electron chi connectivity index (χ4n) is 3.60. The largest absolute Gasteiger partial charge is 0.489 e. The van der Waals surface area contributed by atoms with E-state index in [2.05, 4.69) is 71.1 Å². The molecule has 0 aliphatic carbocycles. The Morgan fingerprint density at radius 3 is 1.97 bits per heavy atom. The molecule has 0 saturated carbocycles. The quantitative estimate of drug-likeness (QED) is 0.654. The summed E-state index contributed by atoms with van der Waals surface area (Å²) in [4.78, 5) is 0. The fraction of sp³-hybridized carbons (Fsp3) is 0.520. The molecule has 4 nitrogen and oxygen atoms in total. The molecule has 2 aromatic rings. The van der Waals surface area contributed by atoms with Gasteiger partial charge in [0.15, 0.2) is 6.29 Å². The van der Waals surface area contributed by atoms with Crippen LogP contribution in [0.15, 0.2) is 48.5 Å². The van der Waals surface area contributed by atoms with Crippen LogP contribution < -0.4 is 10.1 Å². The van der Waals surface area contributed by atoms with E-state index >= 15 is 0 Å². The second-order valence-electron chi connectivity index (χ2n) is 9.99. The molecule has 3 atom stereocenters. The average Bonchev–Trinajstić information content (AvgIpc) is 3.14. The number of hydrogen-bond donors (Lipinski definition) is 1. The molecule has 0 bridgehead atoms. The lowest BCUT2D eigenvalue weighted by Gasteiger charge is -2.36. The molecule has 1 heterocycles. The highest BCUT2D eigenvalue weighted by Crippen LogP contribution is 2.45. The lowest BCUT2D eigenvalue weighted by atomic mass is 9.76. The molecule has 3 rings (SSSR count). The number of nitrogens with one attached hydrogen (secondary N) is 1. The van der Waals surface area contributed by atoms with E-state index in [1.54, 1.807) is 0 Å². The van der Waals surface area contributed by atoms with Crippen molar-refractivity contribution in [2.75, 3.05) is 12.4 Å². The van der Waals surface area contributed by atoms with E-state index < -0.39 is 0 Å². The Morgan fingerprint density at radius 2 is 1.45 bits per heavy atom. The summed E-state index contributed by atoms with van der Waals surface area (Å²) in [5, 5.41) is 3.13. The van der Waals surface area contributed by atoms with Crippen molar-refractivity contribution < 1.29 is 14.2 Å². The lowest BCUT2D eigenvalue weighted by molar-refractivity contribution is -0.0873. The molecule has 2 aromatic carbocycles. The zero-order valence-corrected chi connectivity index (χ0v) is 18.8. The van der Waals surface area contributed by atoms with Gasteiger partial charge in [-0.3, -0.25) is 0 Å². The summed E-state index contributed by atoms with van der Waals surface area (Å²) in [7, 11) is 1.92. The van der Waals surface area contributed by atoms with Gasteiger partial charge in [-0.25, -0.2) is 0 Å². The predicted molar refractivity (Wildman–Crippen MR) is 118 cm³/mol. The van der Waals surface area contributed by atoms with Crippen LogP contribution in [0, 0.1) is 10.8 Å². The zero-order valence-electron chi connectivity index (χ0n) is 18.8. The van der Waals surface area contributed by atoms with E-state index in [1.165, 1.54) is 0 Å². The number of anilines is 1. The molecule has 0 amide bonds. The molecule has 0 aromatic heterocycles. The van der Waals surface area contributed by atoms with Gasteiger partial charge in [0.25, 0.3) is 0 Å². The van der Waals surface area contributed by atoms with Crippen LogP contribution in [0.5, 0.6) is 5.75 Å². The SMILES string of the molecule is CNc1ccc(COc2cccc(C3O[C@@H](C(C)(C)C)[C@@H](C(C)(C)C)O3)c2)cc1. The van der Waals surface area contributed by atoms with Gasteiger partial charge < -0.3 is 19.5 Å². The van der Waals surface area contributed by atoms with Gasteiger partial charge in [-0.2, -0.15) is 0 Å². The van der Waals surface area contributed by atoms with E-state index in [4.69, 9.17) is 14.2 Å². The van der Waals surface area contributed by atoms with Crippen LogP contribution in [-0.4, -0.2) is 19.3 Å². The summed E-state index contributed by atoms with van der Waals surface area (Å²) in [6.45, 7) is 13.8. The first-order valence-corrected chi connectivity index (χ1v) is 10.4. The summed E-state index contributed by atoms with van der Waals surface area (Å²) in [5.41, 5.74) is 3.21. The summed E-state index contributed by atoms with van der Waals surface area (Å²) in [6, 6.07) is 16.3. The Kier molecular flexibility index (Phi) is 6.25. The van der Waals surface area contributed by atoms with Crippen LogP contribution in [0.4, 0.5) is 5.69 Å². The minimum Gasteiger partial charge on any atom is -0.489 e. The van der Waals surface area contributed by atoms with E-state index in [0.717, 1.165) is 22.6 Å². The van der Waals surface area contributed by atoms with Crippen molar-refractivity contribution in [3.63, 3.8) is 0 Å². The van der Waals surface area contributed by atoms with Crippen molar-refractivity contribution >= 4 is 5.69 Å². The molecule has 1 unspecified atom stereocenters. The molecule has 1 aliphatic rings. The topological polar surface area (TPSA) is 39.7 Å². The molecular formula is C25H35NO3. The third-order valence-corrected chi connectivity index (χ3v) is 5.30. The summed E-state index contributed by atoms with van der Waals surface area (Å²) in [5.74, 6) is 0.818. The monoisotopic (exact) mass is 397 g/mol. The number of benzene rings is 2. The van der Waals surface area contributed by atoms with Gasteiger partial charge in [-0.05, 0) is 40.7 Å². The molecule has 1 fully saturated rings. The molecular weight excluding hydrogens is 362 g/mol. The molecule has 1 aliphatic heterocycles. The van der Waals surface area contributed by atoms with Crippen molar-refractivity contribution in [2.45, 2.75) is 66.6 Å². The van der Waals surface area contributed by atoms with E-state index in [-0.39, 0.29) is 29.3 Å². The van der Waals surface area contributed by atoms with Crippen molar-refractivity contribution in [1.29, 1.82) is 0 Å². The summed E-state index contributed by atoms with van der Waals surface area (Å²) in [6.07, 6.45) is -0.313. The maximum atomic E-state index is 6.41. The van der Waals surface area contributed by atoms with Crippen LogP contribution in [-0.2, 0) is 16.1 Å². The molecule has 158 valence electrons. The highest BCUT2D eigenvalue weighted by Gasteiger charge is 2.48. The summed E-state index contributed by atoms with van der Waals surface area (Å²) < 4.78 is 18.8. The van der Waals surface area contributed by atoms with Crippen LogP contribution >= 0.6 is 0 Å². The number of rotatable bonds is 5. The maximum Gasteiger partial charge on any atom is 0.184 e. The zero-order chi connectivity index (χ0) is 21.2. The first-order valence-electron chi connectivity index (χ1n) is 10.4. The third-order valence-electron chi connectivity index (χ3n) is 5.30. The van der Waals surface area contributed by atoms with Gasteiger partial charge in [-0.15, -0.1) is 0 Å². The fourth-order valence-corrected chi connectivity index (χ4v) is 3.60. The second kappa shape index (κ2) is 8.37. The first-order chi connectivity index (χ1) is 13.6. The van der Waals surface area contributed by atoms with Crippen LogP contribution in [0.2, 0.25) is 0 Å². The van der Waals surface area contributed by atoms with Gasteiger partial charge in [-0.1, -0.05) is 65.8 Å². The predicted octanol–water partition coefficient (Wildman–Crippen LogP) is 6.18. The van der Waals surface area contributed by atoms with Crippen molar-refractivity contribution in [2.24, 2.45) is 10.8 Å². The highest BCUT2D eigenvalue weighted by molar-refractivity contribution is 5.43. The Labute approximate surface area is 175 Å². The molecule has 4 heteroatoms. The maximum absolute atomic E-state index is 6.41. The molecule has 29 heavy (non-hydrogen) atoms. The van der Waals surface area contributed by atoms with Crippen molar-refractivity contribution in [1.82, 2.24) is 0 Å². The van der Waals surface area contributed by atoms with Crippen LogP contribution in [0.25, 0.3) is 0 Å². The molecule has 0 spiro atoms. The van der Waals surface area contributed by atoms with Gasteiger partial charge in [0.2, 0.25) is 0 Å². The van der Waals surface area contributed by atoms with E-state index in [9.17, 15) is 0 Å². The van der Waals surface area contributed by atoms with E-state index in [1.807, 2.05) is 31.3 Å². The molecule has 1 saturated heterocycles.